The molecule has 1 fully saturated rings. The van der Waals surface area contributed by atoms with Crippen molar-refractivity contribution in [2.75, 3.05) is 13.2 Å². The van der Waals surface area contributed by atoms with E-state index < -0.39 is 5.97 Å². The van der Waals surface area contributed by atoms with Crippen molar-refractivity contribution in [2.24, 2.45) is 0 Å². The predicted molar refractivity (Wildman–Crippen MR) is 105 cm³/mol. The number of benzene rings is 1. The van der Waals surface area contributed by atoms with Gasteiger partial charge in [0, 0.05) is 30.5 Å². The maximum Gasteiger partial charge on any atom is 0.340 e. The van der Waals surface area contributed by atoms with Gasteiger partial charge in [-0.1, -0.05) is 30.3 Å². The van der Waals surface area contributed by atoms with Crippen LogP contribution < -0.4 is 0 Å². The molecule has 3 rings (SSSR count). The molecule has 144 valence electrons. The number of amides is 1. The number of aryl methyl sites for hydroxylation is 1. The molecule has 1 aliphatic rings. The zero-order chi connectivity index (χ0) is 19.4. The highest BCUT2D eigenvalue weighted by molar-refractivity contribution is 5.92. The third-order valence-electron chi connectivity index (χ3n) is 5.43. The number of aromatic nitrogens is 1. The van der Waals surface area contributed by atoms with E-state index in [2.05, 4.69) is 23.6 Å². The molecule has 5 heteroatoms. The largest absolute Gasteiger partial charge is 0.452 e. The van der Waals surface area contributed by atoms with Crippen LogP contribution in [0.15, 0.2) is 36.4 Å². The predicted octanol–water partition coefficient (Wildman–Crippen LogP) is 3.71. The molecule has 1 aliphatic heterocycles. The van der Waals surface area contributed by atoms with Gasteiger partial charge in [0.25, 0.3) is 5.91 Å². The quantitative estimate of drug-likeness (QED) is 0.756. The van der Waals surface area contributed by atoms with E-state index in [1.54, 1.807) is 0 Å². The third-order valence-corrected chi connectivity index (χ3v) is 5.43. The van der Waals surface area contributed by atoms with Gasteiger partial charge in [-0.05, 0) is 51.7 Å². The van der Waals surface area contributed by atoms with Crippen LogP contribution in [0.3, 0.4) is 0 Å². The van der Waals surface area contributed by atoms with Gasteiger partial charge in [-0.3, -0.25) is 4.79 Å². The number of likely N-dealkylation sites (tertiary alicyclic amines) is 1. The summed E-state index contributed by atoms with van der Waals surface area (Å²) in [6, 6.07) is 12.2. The molecular weight excluding hydrogens is 340 g/mol. The molecule has 0 radical (unpaired) electrons. The highest BCUT2D eigenvalue weighted by Gasteiger charge is 2.25. The molecule has 1 atom stereocenters. The Labute approximate surface area is 160 Å². The van der Waals surface area contributed by atoms with Crippen molar-refractivity contribution in [3.05, 3.63) is 58.9 Å². The lowest BCUT2D eigenvalue weighted by Gasteiger charge is -2.33. The van der Waals surface area contributed by atoms with E-state index in [1.165, 1.54) is 5.56 Å². The number of carbonyl (C=O) groups excluding carboxylic acids is 2. The number of hydrogen-bond acceptors (Lipinski definition) is 3. The zero-order valence-corrected chi connectivity index (χ0v) is 16.4. The molecule has 1 aromatic heterocycles. The fourth-order valence-electron chi connectivity index (χ4n) is 3.77. The van der Waals surface area contributed by atoms with Crippen LogP contribution in [0.2, 0.25) is 0 Å². The Morgan fingerprint density at radius 3 is 2.59 bits per heavy atom. The second-order valence-corrected chi connectivity index (χ2v) is 7.36. The lowest BCUT2D eigenvalue weighted by molar-refractivity contribution is -0.137. The van der Waals surface area contributed by atoms with Gasteiger partial charge in [0.05, 0.1) is 5.56 Å². The average molecular weight is 368 g/mol. The van der Waals surface area contributed by atoms with Gasteiger partial charge in [-0.2, -0.15) is 0 Å². The third kappa shape index (κ3) is 4.41. The summed E-state index contributed by atoms with van der Waals surface area (Å²) in [4.78, 5) is 26.8. The molecule has 1 unspecified atom stereocenters. The van der Waals surface area contributed by atoms with Gasteiger partial charge in [-0.15, -0.1) is 0 Å². The second-order valence-electron chi connectivity index (χ2n) is 7.36. The first-order valence-electron chi connectivity index (χ1n) is 9.64. The number of esters is 1. The summed E-state index contributed by atoms with van der Waals surface area (Å²) in [6.45, 7) is 7.22. The molecule has 0 saturated carbocycles. The van der Waals surface area contributed by atoms with E-state index in [4.69, 9.17) is 4.74 Å². The van der Waals surface area contributed by atoms with E-state index in [0.717, 1.165) is 37.2 Å². The van der Waals surface area contributed by atoms with Crippen LogP contribution in [-0.2, 0) is 16.1 Å². The SMILES string of the molecule is Cc1cc(C(=O)OCC(=O)N2CCCCC2C)c(C)n1Cc1ccccc1. The molecular formula is C22H28N2O3. The molecule has 27 heavy (non-hydrogen) atoms. The maximum absolute atomic E-state index is 12.5. The maximum atomic E-state index is 12.5. The van der Waals surface area contributed by atoms with Gasteiger partial charge in [-0.25, -0.2) is 4.79 Å². The second kappa shape index (κ2) is 8.42. The number of piperidine rings is 1. The fourth-order valence-corrected chi connectivity index (χ4v) is 3.77. The first kappa shape index (κ1) is 19.2. The molecule has 2 aromatic rings. The number of nitrogens with zero attached hydrogens (tertiary/aromatic N) is 2. The minimum atomic E-state index is -0.430. The summed E-state index contributed by atoms with van der Waals surface area (Å²) in [6.07, 6.45) is 3.18. The minimum Gasteiger partial charge on any atom is -0.452 e. The van der Waals surface area contributed by atoms with Crippen molar-refractivity contribution in [1.29, 1.82) is 0 Å². The lowest BCUT2D eigenvalue weighted by Crippen LogP contribution is -2.44. The molecule has 0 aliphatic carbocycles. The van der Waals surface area contributed by atoms with Gasteiger partial charge in [0.1, 0.15) is 0 Å². The number of rotatable bonds is 5. The first-order chi connectivity index (χ1) is 13.0. The Morgan fingerprint density at radius 2 is 1.89 bits per heavy atom. The van der Waals surface area contributed by atoms with E-state index in [1.807, 2.05) is 43.0 Å². The average Bonchev–Trinajstić information content (AvgIpc) is 2.95. The Hall–Kier alpha value is -2.56. The summed E-state index contributed by atoms with van der Waals surface area (Å²) in [5.41, 5.74) is 3.57. The first-order valence-corrected chi connectivity index (χ1v) is 9.64. The van der Waals surface area contributed by atoms with Crippen LogP contribution in [0.1, 0.15) is 53.5 Å². The number of carbonyl (C=O) groups is 2. The molecule has 0 N–H and O–H groups in total. The lowest BCUT2D eigenvalue weighted by atomic mass is 10.0. The van der Waals surface area contributed by atoms with Crippen molar-refractivity contribution < 1.29 is 14.3 Å². The summed E-state index contributed by atoms with van der Waals surface area (Å²) >= 11 is 0. The Kier molecular flexibility index (Phi) is 5.99. The molecule has 1 aromatic carbocycles. The number of hydrogen-bond donors (Lipinski definition) is 0. The van der Waals surface area contributed by atoms with E-state index in [9.17, 15) is 9.59 Å². The Morgan fingerprint density at radius 1 is 1.15 bits per heavy atom. The van der Waals surface area contributed by atoms with Gasteiger partial charge < -0.3 is 14.2 Å². The minimum absolute atomic E-state index is 0.103. The van der Waals surface area contributed by atoms with Crippen molar-refractivity contribution in [3.63, 3.8) is 0 Å². The van der Waals surface area contributed by atoms with Crippen LogP contribution in [0.25, 0.3) is 0 Å². The monoisotopic (exact) mass is 368 g/mol. The van der Waals surface area contributed by atoms with Crippen LogP contribution >= 0.6 is 0 Å². The summed E-state index contributed by atoms with van der Waals surface area (Å²) < 4.78 is 7.45. The van der Waals surface area contributed by atoms with Gasteiger partial charge >= 0.3 is 5.97 Å². The summed E-state index contributed by atoms with van der Waals surface area (Å²) in [5, 5.41) is 0. The molecule has 0 spiro atoms. The Bertz CT molecular complexity index is 810. The fraction of sp³-hybridized carbons (Fsp3) is 0.455. The smallest absolute Gasteiger partial charge is 0.340 e. The molecule has 5 nitrogen and oxygen atoms in total. The van der Waals surface area contributed by atoms with Gasteiger partial charge in [0.15, 0.2) is 6.61 Å². The highest BCUT2D eigenvalue weighted by atomic mass is 16.5. The molecule has 2 heterocycles. The van der Waals surface area contributed by atoms with Crippen LogP contribution in [0.4, 0.5) is 0 Å². The topological polar surface area (TPSA) is 51.5 Å². The van der Waals surface area contributed by atoms with E-state index in [0.29, 0.717) is 12.1 Å². The van der Waals surface area contributed by atoms with Crippen LogP contribution in [0.5, 0.6) is 0 Å². The van der Waals surface area contributed by atoms with Crippen LogP contribution in [-0.4, -0.2) is 40.5 Å². The van der Waals surface area contributed by atoms with Crippen molar-refractivity contribution in [1.82, 2.24) is 9.47 Å². The molecule has 1 saturated heterocycles. The normalized spacial score (nSPS) is 17.0. The standard InChI is InChI=1S/C22H28N2O3/c1-16-9-7-8-12-23(16)21(25)15-27-22(26)20-13-17(2)24(18(20)3)14-19-10-5-4-6-11-19/h4-6,10-11,13,16H,7-9,12,14-15H2,1-3H3. The Balaban J connectivity index is 1.65. The van der Waals surface area contributed by atoms with Gasteiger partial charge in [0.2, 0.25) is 0 Å². The van der Waals surface area contributed by atoms with E-state index >= 15 is 0 Å². The van der Waals surface area contributed by atoms with Crippen molar-refractivity contribution in [2.45, 2.75) is 52.6 Å². The summed E-state index contributed by atoms with van der Waals surface area (Å²) in [7, 11) is 0. The highest BCUT2D eigenvalue weighted by Crippen LogP contribution is 2.19. The zero-order valence-electron chi connectivity index (χ0n) is 16.4. The van der Waals surface area contributed by atoms with Crippen LogP contribution in [0, 0.1) is 13.8 Å². The van der Waals surface area contributed by atoms with Crippen molar-refractivity contribution >= 4 is 11.9 Å². The molecule has 1 amide bonds. The summed E-state index contributed by atoms with van der Waals surface area (Å²) in [5.74, 6) is -0.533. The molecule has 0 bridgehead atoms. The van der Waals surface area contributed by atoms with Crippen molar-refractivity contribution in [3.8, 4) is 0 Å². The van der Waals surface area contributed by atoms with E-state index in [-0.39, 0.29) is 18.6 Å². The number of ether oxygens (including phenoxy) is 1.